The molecule has 1 aliphatic heterocycles. The predicted octanol–water partition coefficient (Wildman–Crippen LogP) is 2.14. The number of aliphatic hydroxyl groups excluding tert-OH is 1. The smallest absolute Gasteiger partial charge is 0.252 e. The molecule has 21 heavy (non-hydrogen) atoms. The summed E-state index contributed by atoms with van der Waals surface area (Å²) in [5, 5.41) is 14.8. The summed E-state index contributed by atoms with van der Waals surface area (Å²) in [5.41, 5.74) is 1.54. The third-order valence-corrected chi connectivity index (χ3v) is 5.83. The lowest BCUT2D eigenvalue weighted by atomic mass is 9.87. The number of amides is 1. The molecule has 1 unspecified atom stereocenters. The van der Waals surface area contributed by atoms with Gasteiger partial charge in [-0.3, -0.25) is 4.79 Å². The van der Waals surface area contributed by atoms with Crippen LogP contribution in [0.5, 0.6) is 0 Å². The van der Waals surface area contributed by atoms with Crippen LogP contribution in [0.2, 0.25) is 0 Å². The lowest BCUT2D eigenvalue weighted by molar-refractivity contribution is 0.0125. The molecule has 2 aliphatic rings. The second-order valence-corrected chi connectivity index (χ2v) is 7.37. The summed E-state index contributed by atoms with van der Waals surface area (Å²) in [5.74, 6) is 0.685. The maximum Gasteiger partial charge on any atom is 0.252 e. The van der Waals surface area contributed by atoms with Gasteiger partial charge in [-0.05, 0) is 43.6 Å². The number of rotatable bonds is 3. The van der Waals surface area contributed by atoms with Crippen LogP contribution in [-0.2, 0) is 17.6 Å². The monoisotopic (exact) mass is 309 g/mol. The topological polar surface area (TPSA) is 58.6 Å². The highest BCUT2D eigenvalue weighted by Crippen LogP contribution is 2.33. The molecule has 1 amide bonds. The van der Waals surface area contributed by atoms with Crippen LogP contribution in [0.25, 0.3) is 0 Å². The van der Waals surface area contributed by atoms with Crippen LogP contribution >= 0.6 is 11.3 Å². The fourth-order valence-corrected chi connectivity index (χ4v) is 4.51. The minimum Gasteiger partial charge on any atom is -0.394 e. The molecule has 5 heteroatoms. The molecule has 0 spiro atoms. The maximum atomic E-state index is 12.6. The van der Waals surface area contributed by atoms with Crippen molar-refractivity contribution >= 4 is 17.2 Å². The van der Waals surface area contributed by atoms with Crippen molar-refractivity contribution in [2.24, 2.45) is 5.92 Å². The van der Waals surface area contributed by atoms with E-state index in [9.17, 15) is 9.90 Å². The van der Waals surface area contributed by atoms with E-state index in [4.69, 9.17) is 4.74 Å². The van der Waals surface area contributed by atoms with Gasteiger partial charge in [-0.15, -0.1) is 11.3 Å². The summed E-state index contributed by atoms with van der Waals surface area (Å²) in [6.07, 6.45) is 4.60. The second-order valence-electron chi connectivity index (χ2n) is 6.40. The summed E-state index contributed by atoms with van der Waals surface area (Å²) in [6, 6.07) is 0. The highest BCUT2D eigenvalue weighted by molar-refractivity contribution is 7.10. The van der Waals surface area contributed by atoms with Gasteiger partial charge >= 0.3 is 0 Å². The predicted molar refractivity (Wildman–Crippen MR) is 82.8 cm³/mol. The number of thiophene rings is 1. The van der Waals surface area contributed by atoms with Gasteiger partial charge in [0.2, 0.25) is 0 Å². The summed E-state index contributed by atoms with van der Waals surface area (Å²) >= 11 is 1.70. The number of ether oxygens (including phenoxy) is 1. The van der Waals surface area contributed by atoms with Crippen LogP contribution in [0.1, 0.15) is 47.0 Å². The Kier molecular flexibility index (Phi) is 4.33. The van der Waals surface area contributed by atoms with Gasteiger partial charge in [-0.25, -0.2) is 0 Å². The number of fused-ring (bicyclic) bond motifs is 1. The lowest BCUT2D eigenvalue weighted by Gasteiger charge is -2.36. The van der Waals surface area contributed by atoms with E-state index in [2.05, 4.69) is 12.2 Å². The Hall–Kier alpha value is -0.910. The Morgan fingerprint density at radius 1 is 1.52 bits per heavy atom. The van der Waals surface area contributed by atoms with Crippen LogP contribution in [0.3, 0.4) is 0 Å². The van der Waals surface area contributed by atoms with Crippen molar-refractivity contribution in [3.8, 4) is 0 Å². The van der Waals surface area contributed by atoms with Crippen molar-refractivity contribution < 1.29 is 14.6 Å². The van der Waals surface area contributed by atoms with Crippen molar-refractivity contribution in [3.05, 3.63) is 21.4 Å². The van der Waals surface area contributed by atoms with Crippen LogP contribution in [0.15, 0.2) is 5.38 Å². The van der Waals surface area contributed by atoms with E-state index in [1.54, 1.807) is 11.3 Å². The zero-order chi connectivity index (χ0) is 14.9. The Labute approximate surface area is 129 Å². The highest BCUT2D eigenvalue weighted by atomic mass is 32.1. The molecule has 2 N–H and O–H groups in total. The molecule has 0 bridgehead atoms. The first-order chi connectivity index (χ1) is 10.1. The third kappa shape index (κ3) is 3.00. The van der Waals surface area contributed by atoms with Gasteiger partial charge in [-0.1, -0.05) is 6.92 Å². The molecule has 2 heterocycles. The SMILES string of the molecule is CC1CCc2c(C(=O)NC3(CO)CCOCC3)csc2C1. The number of carbonyl (C=O) groups is 1. The van der Waals surface area contributed by atoms with E-state index < -0.39 is 5.54 Å². The molecule has 0 aromatic carbocycles. The zero-order valence-corrected chi connectivity index (χ0v) is 13.3. The Morgan fingerprint density at radius 3 is 3.00 bits per heavy atom. The van der Waals surface area contributed by atoms with Crippen LogP contribution in [0, 0.1) is 5.92 Å². The largest absolute Gasteiger partial charge is 0.394 e. The number of carbonyl (C=O) groups excluding carboxylic acids is 1. The molecule has 116 valence electrons. The van der Waals surface area contributed by atoms with Gasteiger partial charge in [-0.2, -0.15) is 0 Å². The Bertz CT molecular complexity index is 520. The van der Waals surface area contributed by atoms with Crippen LogP contribution in [-0.4, -0.2) is 36.4 Å². The molecular weight excluding hydrogens is 286 g/mol. The number of hydrogen-bond acceptors (Lipinski definition) is 4. The van der Waals surface area contributed by atoms with E-state index in [1.807, 2.05) is 5.38 Å². The molecular formula is C16H23NO3S. The first-order valence-corrected chi connectivity index (χ1v) is 8.62. The summed E-state index contributed by atoms with van der Waals surface area (Å²) in [6.45, 7) is 3.44. The molecule has 1 saturated heterocycles. The minimum absolute atomic E-state index is 0.0224. The molecule has 1 aromatic rings. The fraction of sp³-hybridized carbons (Fsp3) is 0.688. The standard InChI is InChI=1S/C16H23NO3S/c1-11-2-3-12-13(9-21-14(12)8-11)15(19)17-16(10-18)4-6-20-7-5-16/h9,11,18H,2-8,10H2,1H3,(H,17,19). The van der Waals surface area contributed by atoms with Gasteiger partial charge in [0.15, 0.2) is 0 Å². The Balaban J connectivity index is 1.76. The van der Waals surface area contributed by atoms with Crippen LogP contribution in [0.4, 0.5) is 0 Å². The van der Waals surface area contributed by atoms with E-state index >= 15 is 0 Å². The summed E-state index contributed by atoms with van der Waals surface area (Å²) in [7, 11) is 0. The molecule has 0 saturated carbocycles. The normalized spacial score (nSPS) is 24.4. The average Bonchev–Trinajstić information content (AvgIpc) is 2.91. The van der Waals surface area contributed by atoms with Gasteiger partial charge in [0.1, 0.15) is 0 Å². The third-order valence-electron chi connectivity index (χ3n) is 4.78. The van der Waals surface area contributed by atoms with Gasteiger partial charge < -0.3 is 15.2 Å². The molecule has 0 radical (unpaired) electrons. The highest BCUT2D eigenvalue weighted by Gasteiger charge is 2.35. The molecule has 3 rings (SSSR count). The van der Waals surface area contributed by atoms with Crippen molar-refractivity contribution in [2.75, 3.05) is 19.8 Å². The van der Waals surface area contributed by atoms with Gasteiger partial charge in [0.05, 0.1) is 17.7 Å². The van der Waals surface area contributed by atoms with Gasteiger partial charge in [0, 0.05) is 23.5 Å². The van der Waals surface area contributed by atoms with Crippen molar-refractivity contribution in [2.45, 2.75) is 44.6 Å². The van der Waals surface area contributed by atoms with Crippen molar-refractivity contribution in [1.29, 1.82) is 0 Å². The van der Waals surface area contributed by atoms with E-state index in [0.29, 0.717) is 32.0 Å². The second kappa shape index (κ2) is 6.07. The van der Waals surface area contributed by atoms with E-state index in [1.165, 1.54) is 10.4 Å². The average molecular weight is 309 g/mol. The van der Waals surface area contributed by atoms with E-state index in [0.717, 1.165) is 24.8 Å². The molecule has 1 aromatic heterocycles. The fourth-order valence-electron chi connectivity index (χ4n) is 3.26. The molecule has 1 aliphatic carbocycles. The Morgan fingerprint density at radius 2 is 2.29 bits per heavy atom. The number of hydrogen-bond donors (Lipinski definition) is 2. The van der Waals surface area contributed by atoms with E-state index in [-0.39, 0.29) is 12.5 Å². The maximum absolute atomic E-state index is 12.6. The number of nitrogens with one attached hydrogen (secondary N) is 1. The summed E-state index contributed by atoms with van der Waals surface area (Å²) < 4.78 is 5.34. The molecule has 1 atom stereocenters. The minimum atomic E-state index is -0.508. The van der Waals surface area contributed by atoms with Crippen molar-refractivity contribution in [3.63, 3.8) is 0 Å². The van der Waals surface area contributed by atoms with Crippen molar-refractivity contribution in [1.82, 2.24) is 5.32 Å². The molecule has 4 nitrogen and oxygen atoms in total. The zero-order valence-electron chi connectivity index (χ0n) is 12.5. The first kappa shape index (κ1) is 15.0. The van der Waals surface area contributed by atoms with Crippen LogP contribution < -0.4 is 5.32 Å². The quantitative estimate of drug-likeness (QED) is 0.899. The lowest BCUT2D eigenvalue weighted by Crippen LogP contribution is -2.54. The first-order valence-electron chi connectivity index (χ1n) is 7.74. The molecule has 1 fully saturated rings. The number of aliphatic hydroxyl groups is 1. The summed E-state index contributed by atoms with van der Waals surface area (Å²) in [4.78, 5) is 14.0. The van der Waals surface area contributed by atoms with Gasteiger partial charge in [0.25, 0.3) is 5.91 Å².